The average Bonchev–Trinajstić information content (AvgIpc) is 3.38. The largest absolute Gasteiger partial charge is 0.461 e. The molecular weight excluding hydrogens is 410 g/mol. The Morgan fingerprint density at radius 3 is 2.68 bits per heavy atom. The van der Waals surface area contributed by atoms with Gasteiger partial charge in [-0.15, -0.1) is 5.10 Å². The molecular formula is C22H21N7OS. The lowest BCUT2D eigenvalue weighted by atomic mass is 10.1. The van der Waals surface area contributed by atoms with E-state index in [9.17, 15) is 0 Å². The molecule has 0 bridgehead atoms. The number of fused-ring (bicyclic) bond motifs is 1. The van der Waals surface area contributed by atoms with Crippen LogP contribution in [0, 0.1) is 0 Å². The highest BCUT2D eigenvalue weighted by Gasteiger charge is 2.17. The summed E-state index contributed by atoms with van der Waals surface area (Å²) in [4.78, 5) is 20.4. The molecule has 0 aliphatic carbocycles. The Labute approximate surface area is 183 Å². The van der Waals surface area contributed by atoms with Crippen LogP contribution in [0.5, 0.6) is 5.19 Å². The maximum Gasteiger partial charge on any atom is 0.294 e. The molecule has 4 aromatic heterocycles. The lowest BCUT2D eigenvalue weighted by Crippen LogP contribution is -2.24. The van der Waals surface area contributed by atoms with Crippen LogP contribution in [0.1, 0.15) is 19.4 Å². The zero-order valence-electron chi connectivity index (χ0n) is 17.2. The first-order valence-electron chi connectivity index (χ1n) is 10.1. The van der Waals surface area contributed by atoms with E-state index in [0.29, 0.717) is 17.7 Å². The molecule has 0 spiro atoms. The number of nitrogens with zero attached hydrogens (tertiary/aromatic N) is 7. The fraction of sp³-hybridized carbons (Fsp3) is 0.227. The summed E-state index contributed by atoms with van der Waals surface area (Å²) in [5.41, 5.74) is 4.10. The molecule has 1 aliphatic rings. The van der Waals surface area contributed by atoms with E-state index in [0.717, 1.165) is 33.8 Å². The number of aromatic nitrogens is 6. The Kier molecular flexibility index (Phi) is 5.17. The summed E-state index contributed by atoms with van der Waals surface area (Å²) < 4.78 is 7.84. The summed E-state index contributed by atoms with van der Waals surface area (Å²) in [6.45, 7) is 4.81. The van der Waals surface area contributed by atoms with Crippen molar-refractivity contribution in [3.05, 3.63) is 72.6 Å². The Bertz CT molecular complexity index is 1210. The van der Waals surface area contributed by atoms with E-state index in [-0.39, 0.29) is 6.10 Å². The van der Waals surface area contributed by atoms with Gasteiger partial charge in [0.2, 0.25) is 10.9 Å². The van der Waals surface area contributed by atoms with Gasteiger partial charge in [0.15, 0.2) is 0 Å². The van der Waals surface area contributed by atoms with Crippen molar-refractivity contribution in [3.8, 4) is 16.5 Å². The van der Waals surface area contributed by atoms with Crippen LogP contribution in [0.3, 0.4) is 0 Å². The lowest BCUT2D eigenvalue weighted by molar-refractivity contribution is 0.256. The molecule has 4 aromatic rings. The summed E-state index contributed by atoms with van der Waals surface area (Å²) in [5, 5.41) is 5.11. The molecule has 9 heteroatoms. The third-order valence-corrected chi connectivity index (χ3v) is 5.89. The van der Waals surface area contributed by atoms with Crippen LogP contribution in [0.4, 0.5) is 5.95 Å². The number of ether oxygens (including phenoxy) is 1. The molecule has 156 valence electrons. The normalized spacial score (nSPS) is 14.6. The zero-order valence-corrected chi connectivity index (χ0v) is 18.0. The molecule has 5 heterocycles. The summed E-state index contributed by atoms with van der Waals surface area (Å²) in [6.07, 6.45) is 16.1. The maximum absolute atomic E-state index is 6.08. The van der Waals surface area contributed by atoms with E-state index >= 15 is 0 Å². The molecule has 0 fully saturated rings. The van der Waals surface area contributed by atoms with E-state index in [1.807, 2.05) is 54.8 Å². The Balaban J connectivity index is 1.24. The molecule has 0 aromatic carbocycles. The summed E-state index contributed by atoms with van der Waals surface area (Å²) >= 11 is 1.43. The third-order valence-electron chi connectivity index (χ3n) is 5.08. The van der Waals surface area contributed by atoms with Crippen LogP contribution in [0.25, 0.3) is 16.2 Å². The van der Waals surface area contributed by atoms with Crippen LogP contribution in [-0.4, -0.2) is 42.2 Å². The van der Waals surface area contributed by atoms with Gasteiger partial charge in [0, 0.05) is 43.1 Å². The van der Waals surface area contributed by atoms with E-state index < -0.39 is 0 Å². The Hall–Kier alpha value is -3.59. The Morgan fingerprint density at radius 1 is 1.19 bits per heavy atom. The smallest absolute Gasteiger partial charge is 0.294 e. The van der Waals surface area contributed by atoms with Gasteiger partial charge in [-0.05, 0) is 54.0 Å². The molecule has 5 rings (SSSR count). The first-order chi connectivity index (χ1) is 15.2. The minimum absolute atomic E-state index is 0.127. The molecule has 0 amide bonds. The highest BCUT2D eigenvalue weighted by molar-refractivity contribution is 7.18. The SMILES string of the molecule is CCc1cnc(N2C=CC([C@@H](C)Oc3nn4cc(-c5ccncc5)nc4s3)=CC2)nc1. The second-order valence-electron chi connectivity index (χ2n) is 7.13. The predicted molar refractivity (Wildman–Crippen MR) is 120 cm³/mol. The summed E-state index contributed by atoms with van der Waals surface area (Å²) in [5.74, 6) is 0.698. The molecule has 0 N–H and O–H groups in total. The van der Waals surface area contributed by atoms with E-state index in [4.69, 9.17) is 4.74 Å². The van der Waals surface area contributed by atoms with Crippen molar-refractivity contribution in [3.63, 3.8) is 0 Å². The lowest BCUT2D eigenvalue weighted by Gasteiger charge is -2.23. The number of imidazole rings is 1. The van der Waals surface area contributed by atoms with E-state index in [2.05, 4.69) is 38.0 Å². The maximum atomic E-state index is 6.08. The minimum Gasteiger partial charge on any atom is -0.461 e. The van der Waals surface area contributed by atoms with Crippen molar-refractivity contribution in [1.29, 1.82) is 0 Å². The number of aryl methyl sites for hydroxylation is 1. The van der Waals surface area contributed by atoms with Crippen molar-refractivity contribution in [2.75, 3.05) is 11.4 Å². The standard InChI is InChI=1S/C22H21N7OS/c1-3-16-12-24-20(25-13-16)28-10-6-17(7-11-28)15(2)30-22-27-29-14-19(26-21(29)31-22)18-4-8-23-9-5-18/h4-10,12-15H,3,11H2,1-2H3/t15-/m1/s1. The van der Waals surface area contributed by atoms with Gasteiger partial charge in [0.1, 0.15) is 6.10 Å². The Morgan fingerprint density at radius 2 is 2.00 bits per heavy atom. The second-order valence-corrected chi connectivity index (χ2v) is 8.05. The monoisotopic (exact) mass is 431 g/mol. The van der Waals surface area contributed by atoms with Crippen LogP contribution in [0.2, 0.25) is 0 Å². The van der Waals surface area contributed by atoms with Crippen molar-refractivity contribution in [2.24, 2.45) is 0 Å². The predicted octanol–water partition coefficient (Wildman–Crippen LogP) is 3.93. The van der Waals surface area contributed by atoms with E-state index in [1.54, 1.807) is 16.9 Å². The number of anilines is 1. The van der Waals surface area contributed by atoms with E-state index in [1.165, 1.54) is 11.3 Å². The fourth-order valence-corrected chi connectivity index (χ4v) is 4.06. The first kappa shape index (κ1) is 19.4. The van der Waals surface area contributed by atoms with Crippen LogP contribution < -0.4 is 9.64 Å². The third kappa shape index (κ3) is 4.04. The number of hydrogen-bond acceptors (Lipinski definition) is 8. The van der Waals surface area contributed by atoms with Crippen LogP contribution in [0.15, 0.2) is 67.0 Å². The second kappa shape index (κ2) is 8.27. The van der Waals surface area contributed by atoms with Gasteiger partial charge in [-0.1, -0.05) is 13.0 Å². The molecule has 31 heavy (non-hydrogen) atoms. The number of pyridine rings is 1. The summed E-state index contributed by atoms with van der Waals surface area (Å²) in [6, 6.07) is 3.86. The molecule has 0 radical (unpaired) electrons. The molecule has 0 saturated heterocycles. The van der Waals surface area contributed by atoms with Gasteiger partial charge in [-0.3, -0.25) is 4.98 Å². The van der Waals surface area contributed by atoms with Crippen molar-refractivity contribution in [2.45, 2.75) is 26.4 Å². The quantitative estimate of drug-likeness (QED) is 0.457. The molecule has 0 saturated carbocycles. The molecule has 0 unspecified atom stereocenters. The van der Waals surface area contributed by atoms with Crippen molar-refractivity contribution >= 4 is 22.2 Å². The van der Waals surface area contributed by atoms with Crippen molar-refractivity contribution in [1.82, 2.24) is 29.5 Å². The fourth-order valence-electron chi connectivity index (χ4n) is 3.25. The first-order valence-corrected chi connectivity index (χ1v) is 10.9. The summed E-state index contributed by atoms with van der Waals surface area (Å²) in [7, 11) is 0. The van der Waals surface area contributed by atoms with Gasteiger partial charge in [0.05, 0.1) is 11.9 Å². The van der Waals surface area contributed by atoms with Gasteiger partial charge in [0.25, 0.3) is 5.19 Å². The topological polar surface area (TPSA) is 81.3 Å². The van der Waals surface area contributed by atoms with Gasteiger partial charge in [-0.2, -0.15) is 0 Å². The molecule has 8 nitrogen and oxygen atoms in total. The highest BCUT2D eigenvalue weighted by Crippen LogP contribution is 2.27. The highest BCUT2D eigenvalue weighted by atomic mass is 32.1. The minimum atomic E-state index is -0.127. The van der Waals surface area contributed by atoms with Gasteiger partial charge >= 0.3 is 0 Å². The van der Waals surface area contributed by atoms with Crippen LogP contribution in [-0.2, 0) is 6.42 Å². The number of rotatable bonds is 6. The van der Waals surface area contributed by atoms with Crippen molar-refractivity contribution < 1.29 is 4.74 Å². The van der Waals surface area contributed by atoms with Gasteiger partial charge < -0.3 is 9.64 Å². The average molecular weight is 432 g/mol. The van der Waals surface area contributed by atoms with Gasteiger partial charge in [-0.25, -0.2) is 19.5 Å². The molecule has 1 atom stereocenters. The number of hydrogen-bond donors (Lipinski definition) is 0. The van der Waals surface area contributed by atoms with Crippen LogP contribution >= 0.6 is 11.3 Å². The zero-order chi connectivity index (χ0) is 21.2. The molecule has 1 aliphatic heterocycles.